The Hall–Kier alpha value is -4.64. The van der Waals surface area contributed by atoms with E-state index in [2.05, 4.69) is 6.07 Å². The van der Waals surface area contributed by atoms with Crippen LogP contribution < -0.4 is 29.4 Å². The number of fused-ring (bicyclic) bond motifs is 1. The quantitative estimate of drug-likeness (QED) is 0.383. The Bertz CT molecular complexity index is 1390. The maximum absolute atomic E-state index is 12.4. The number of carbonyl (C=O) groups excluding carboxylic acids is 1. The van der Waals surface area contributed by atoms with Crippen molar-refractivity contribution in [3.8, 4) is 34.8 Å². The van der Waals surface area contributed by atoms with E-state index in [0.717, 1.165) is 11.1 Å². The molecule has 0 radical (unpaired) electrons. The van der Waals surface area contributed by atoms with E-state index in [4.69, 9.17) is 29.4 Å². The van der Waals surface area contributed by atoms with Crippen molar-refractivity contribution in [3.63, 3.8) is 0 Å². The summed E-state index contributed by atoms with van der Waals surface area (Å²) in [5.41, 5.74) is 9.91. The molecular weight excluding hydrogens is 460 g/mol. The predicted octanol–water partition coefficient (Wildman–Crippen LogP) is 4.52. The topological polar surface area (TPSA) is 113 Å². The zero-order valence-corrected chi connectivity index (χ0v) is 20.5. The van der Waals surface area contributed by atoms with E-state index in [9.17, 15) is 10.1 Å². The minimum absolute atomic E-state index is 0.0403. The standard InChI is InChI=1S/C28H26N2O6/c1-16-5-6-19(11-17(16)2)34-15-26(31)35-20-7-9-21-25(13-20)36-28(30)23(14-29)27(21)22-12-18(32-3)8-10-24(22)33-4/h5-13,27H,15,30H2,1-4H3. The molecule has 184 valence electrons. The lowest BCUT2D eigenvalue weighted by Crippen LogP contribution is -2.22. The Labute approximate surface area is 209 Å². The number of rotatable bonds is 7. The molecule has 0 spiro atoms. The van der Waals surface area contributed by atoms with Crippen LogP contribution in [0.25, 0.3) is 0 Å². The molecule has 1 atom stereocenters. The van der Waals surface area contributed by atoms with Gasteiger partial charge in [0.05, 0.1) is 20.1 Å². The van der Waals surface area contributed by atoms with E-state index < -0.39 is 11.9 Å². The normalized spacial score (nSPS) is 14.2. The van der Waals surface area contributed by atoms with E-state index in [1.807, 2.05) is 26.0 Å². The predicted molar refractivity (Wildman–Crippen MR) is 132 cm³/mol. The third-order valence-corrected chi connectivity index (χ3v) is 6.01. The van der Waals surface area contributed by atoms with Gasteiger partial charge in [-0.15, -0.1) is 0 Å². The van der Waals surface area contributed by atoms with Crippen LogP contribution in [0, 0.1) is 25.2 Å². The molecule has 0 amide bonds. The number of methoxy groups -OCH3 is 2. The number of benzene rings is 3. The third kappa shape index (κ3) is 4.91. The molecule has 3 aromatic rings. The van der Waals surface area contributed by atoms with E-state index in [1.165, 1.54) is 0 Å². The monoisotopic (exact) mass is 486 g/mol. The fourth-order valence-corrected chi connectivity index (χ4v) is 3.99. The van der Waals surface area contributed by atoms with E-state index in [0.29, 0.717) is 34.1 Å². The molecule has 3 aromatic carbocycles. The van der Waals surface area contributed by atoms with Crippen LogP contribution in [-0.4, -0.2) is 26.8 Å². The second-order valence-electron chi connectivity index (χ2n) is 8.24. The lowest BCUT2D eigenvalue weighted by Gasteiger charge is -2.28. The van der Waals surface area contributed by atoms with Gasteiger partial charge in [0, 0.05) is 17.2 Å². The number of allylic oxidation sites excluding steroid dienone is 1. The van der Waals surface area contributed by atoms with Crippen molar-refractivity contribution in [3.05, 3.63) is 88.3 Å². The summed E-state index contributed by atoms with van der Waals surface area (Å²) in [7, 11) is 3.11. The van der Waals surface area contributed by atoms with Crippen LogP contribution in [-0.2, 0) is 4.79 Å². The molecule has 1 aliphatic heterocycles. The molecule has 4 rings (SSSR count). The number of nitrogens with two attached hydrogens (primary N) is 1. The fraction of sp³-hybridized carbons (Fsp3) is 0.214. The summed E-state index contributed by atoms with van der Waals surface area (Å²) in [5.74, 6) is 1.19. The Kier molecular flexibility index (Phi) is 7.02. The summed E-state index contributed by atoms with van der Waals surface area (Å²) in [5, 5.41) is 9.84. The van der Waals surface area contributed by atoms with Crippen molar-refractivity contribution in [1.29, 1.82) is 5.26 Å². The number of carbonyl (C=O) groups is 1. The molecule has 0 bridgehead atoms. The van der Waals surface area contributed by atoms with E-state index in [1.54, 1.807) is 56.7 Å². The van der Waals surface area contributed by atoms with Gasteiger partial charge in [-0.3, -0.25) is 0 Å². The highest BCUT2D eigenvalue weighted by Crippen LogP contribution is 2.46. The van der Waals surface area contributed by atoms with Gasteiger partial charge in [-0.25, -0.2) is 4.79 Å². The number of nitriles is 1. The van der Waals surface area contributed by atoms with Crippen LogP contribution in [0.1, 0.15) is 28.2 Å². The Morgan fingerprint density at radius 1 is 0.944 bits per heavy atom. The molecule has 1 heterocycles. The molecule has 0 aliphatic carbocycles. The summed E-state index contributed by atoms with van der Waals surface area (Å²) in [6, 6.07) is 18.0. The molecule has 0 saturated heterocycles. The minimum atomic E-state index is -0.573. The molecule has 0 saturated carbocycles. The zero-order valence-electron chi connectivity index (χ0n) is 20.5. The third-order valence-electron chi connectivity index (χ3n) is 6.01. The van der Waals surface area contributed by atoms with Gasteiger partial charge in [0.1, 0.15) is 40.4 Å². The summed E-state index contributed by atoms with van der Waals surface area (Å²) in [4.78, 5) is 12.4. The van der Waals surface area contributed by atoms with Gasteiger partial charge in [-0.1, -0.05) is 12.1 Å². The molecule has 1 aliphatic rings. The molecular formula is C28H26N2O6. The highest BCUT2D eigenvalue weighted by Gasteiger charge is 2.33. The summed E-state index contributed by atoms with van der Waals surface area (Å²) >= 11 is 0. The number of ether oxygens (including phenoxy) is 5. The molecule has 8 heteroatoms. The van der Waals surface area contributed by atoms with Crippen molar-refractivity contribution in [2.24, 2.45) is 5.73 Å². The molecule has 1 unspecified atom stereocenters. The SMILES string of the molecule is COc1ccc(OC)c(C2C(C#N)=C(N)Oc3cc(OC(=O)COc4ccc(C)c(C)c4)ccc32)c1. The lowest BCUT2D eigenvalue weighted by molar-refractivity contribution is -0.136. The second-order valence-corrected chi connectivity index (χ2v) is 8.24. The lowest BCUT2D eigenvalue weighted by atomic mass is 9.83. The maximum atomic E-state index is 12.4. The average Bonchev–Trinajstić information content (AvgIpc) is 2.88. The van der Waals surface area contributed by atoms with Gasteiger partial charge < -0.3 is 29.4 Å². The maximum Gasteiger partial charge on any atom is 0.349 e. The van der Waals surface area contributed by atoms with E-state index >= 15 is 0 Å². The number of esters is 1. The molecule has 0 aromatic heterocycles. The van der Waals surface area contributed by atoms with Crippen LogP contribution in [0.5, 0.6) is 28.7 Å². The number of aryl methyl sites for hydroxylation is 2. The van der Waals surface area contributed by atoms with Crippen molar-refractivity contribution < 1.29 is 28.5 Å². The van der Waals surface area contributed by atoms with Crippen LogP contribution in [0.2, 0.25) is 0 Å². The van der Waals surface area contributed by atoms with Crippen LogP contribution in [0.4, 0.5) is 0 Å². The van der Waals surface area contributed by atoms with Gasteiger partial charge in [-0.05, 0) is 61.4 Å². The Morgan fingerprint density at radius 2 is 1.69 bits per heavy atom. The number of hydrogen-bond acceptors (Lipinski definition) is 8. The molecule has 36 heavy (non-hydrogen) atoms. The Balaban J connectivity index is 1.59. The first-order valence-electron chi connectivity index (χ1n) is 11.2. The van der Waals surface area contributed by atoms with Crippen LogP contribution in [0.3, 0.4) is 0 Å². The number of nitrogens with zero attached hydrogens (tertiary/aromatic N) is 1. The Morgan fingerprint density at radius 3 is 2.39 bits per heavy atom. The van der Waals surface area contributed by atoms with Gasteiger partial charge >= 0.3 is 5.97 Å². The van der Waals surface area contributed by atoms with Gasteiger partial charge in [0.2, 0.25) is 5.88 Å². The first-order valence-corrected chi connectivity index (χ1v) is 11.2. The van der Waals surface area contributed by atoms with Gasteiger partial charge in [0.15, 0.2) is 6.61 Å². The molecule has 8 nitrogen and oxygen atoms in total. The van der Waals surface area contributed by atoms with Crippen molar-refractivity contribution in [1.82, 2.24) is 0 Å². The minimum Gasteiger partial charge on any atom is -0.497 e. The van der Waals surface area contributed by atoms with Crippen LogP contribution >= 0.6 is 0 Å². The largest absolute Gasteiger partial charge is 0.497 e. The summed E-state index contributed by atoms with van der Waals surface area (Å²) in [6.07, 6.45) is 0. The van der Waals surface area contributed by atoms with E-state index in [-0.39, 0.29) is 23.8 Å². The zero-order chi connectivity index (χ0) is 25.8. The highest BCUT2D eigenvalue weighted by atomic mass is 16.6. The fourth-order valence-electron chi connectivity index (χ4n) is 3.99. The second kappa shape index (κ2) is 10.3. The summed E-state index contributed by atoms with van der Waals surface area (Å²) < 4.78 is 27.7. The summed E-state index contributed by atoms with van der Waals surface area (Å²) in [6.45, 7) is 3.71. The molecule has 2 N–H and O–H groups in total. The first kappa shape index (κ1) is 24.5. The average molecular weight is 487 g/mol. The van der Waals surface area contributed by atoms with Crippen molar-refractivity contribution >= 4 is 5.97 Å². The van der Waals surface area contributed by atoms with Crippen molar-refractivity contribution in [2.75, 3.05) is 20.8 Å². The smallest absolute Gasteiger partial charge is 0.349 e. The first-order chi connectivity index (χ1) is 17.3. The van der Waals surface area contributed by atoms with Crippen molar-refractivity contribution in [2.45, 2.75) is 19.8 Å². The van der Waals surface area contributed by atoms with Crippen LogP contribution in [0.15, 0.2) is 66.1 Å². The van der Waals surface area contributed by atoms with Gasteiger partial charge in [0.25, 0.3) is 0 Å². The molecule has 0 fully saturated rings. The highest BCUT2D eigenvalue weighted by molar-refractivity contribution is 5.74. The van der Waals surface area contributed by atoms with Gasteiger partial charge in [-0.2, -0.15) is 5.26 Å². The number of hydrogen-bond donors (Lipinski definition) is 1.